The molecule has 0 aliphatic rings. The van der Waals surface area contributed by atoms with E-state index in [0.717, 1.165) is 96.4 Å². The van der Waals surface area contributed by atoms with Crippen LogP contribution < -0.4 is 16.4 Å². The van der Waals surface area contributed by atoms with Crippen molar-refractivity contribution in [3.8, 4) is 0 Å². The smallest absolute Gasteiger partial charge is 0.433 e. The van der Waals surface area contributed by atoms with Crippen LogP contribution in [-0.2, 0) is 74.7 Å². The van der Waals surface area contributed by atoms with E-state index in [-0.39, 0.29) is 60.3 Å². The van der Waals surface area contributed by atoms with E-state index in [1.54, 1.807) is 0 Å². The Labute approximate surface area is 424 Å². The van der Waals surface area contributed by atoms with E-state index in [2.05, 4.69) is 10.6 Å². The lowest BCUT2D eigenvalue weighted by Crippen LogP contribution is -2.54. The quantitative estimate of drug-likeness (QED) is 0.00893. The number of hydrogen-bond acceptors (Lipinski definition) is 14. The highest BCUT2D eigenvalue weighted by molar-refractivity contribution is 7.57. The van der Waals surface area contributed by atoms with Gasteiger partial charge in [0.1, 0.15) is 41.7 Å². The van der Waals surface area contributed by atoms with Crippen LogP contribution in [0.1, 0.15) is 65.9 Å². The van der Waals surface area contributed by atoms with Crippen LogP contribution >= 0.6 is 38.2 Å². The van der Waals surface area contributed by atoms with Crippen molar-refractivity contribution in [2.75, 3.05) is 38.9 Å². The summed E-state index contributed by atoms with van der Waals surface area (Å²) in [6.07, 6.45) is -0.0554. The molecule has 2 heterocycles. The minimum atomic E-state index is -5.18. The van der Waals surface area contributed by atoms with Gasteiger partial charge in [-0.3, -0.25) is 48.5 Å². The van der Waals surface area contributed by atoms with Gasteiger partial charge in [0.25, 0.3) is 0 Å². The first-order valence-corrected chi connectivity index (χ1v) is 26.1. The summed E-state index contributed by atoms with van der Waals surface area (Å²) in [4.78, 5) is 71.4. The number of carboxylic acid groups (broad SMARTS) is 1. The average molecular weight is 1110 g/mol. The second-order valence-corrected chi connectivity index (χ2v) is 22.0. The SMILES string of the molecule is CN(CCCCCl)P(=O)(OCc1cc([N+](=O)[O-])co1)C(F)(F)c1ccc(CC(=O)N[C@@H](CC(=O)O)C(=O)N[C@@H](Cc2ccc(C(F)(F)P(=O)(OCc3ccc([N+](=O)[O-])o3)N(C)CCCCCl)cc2)C(N)=O)cc1. The third-order valence-electron chi connectivity index (χ3n) is 10.9. The van der Waals surface area contributed by atoms with E-state index in [9.17, 15) is 53.6 Å². The van der Waals surface area contributed by atoms with Crippen LogP contribution in [0.25, 0.3) is 0 Å². The van der Waals surface area contributed by atoms with E-state index >= 15 is 17.6 Å². The number of halogens is 6. The van der Waals surface area contributed by atoms with Crippen molar-refractivity contribution in [3.05, 3.63) is 127 Å². The first-order valence-electron chi connectivity index (χ1n) is 21.8. The number of rotatable bonds is 32. The third-order valence-corrected chi connectivity index (χ3v) is 16.5. The summed E-state index contributed by atoms with van der Waals surface area (Å²) < 4.78 is 116. The minimum Gasteiger partial charge on any atom is -0.481 e. The molecule has 0 saturated carbocycles. The number of nitrogens with one attached hydrogen (secondary N) is 2. The Bertz CT molecular complexity index is 2660. The molecule has 3 amide bonds. The number of carbonyl (C=O) groups excluding carboxylic acids is 3. The lowest BCUT2D eigenvalue weighted by molar-refractivity contribution is -0.402. The number of furan rings is 2. The van der Waals surface area contributed by atoms with E-state index in [4.69, 9.17) is 46.8 Å². The number of benzene rings is 2. The monoisotopic (exact) mass is 1110 g/mol. The summed E-state index contributed by atoms with van der Waals surface area (Å²) in [5.74, 6) is -5.74. The molecular formula is C43H51Cl2F4N7O15P2. The Morgan fingerprint density at radius 1 is 0.767 bits per heavy atom. The molecule has 0 aliphatic heterocycles. The van der Waals surface area contributed by atoms with Gasteiger partial charge in [-0.15, -0.1) is 23.2 Å². The largest absolute Gasteiger partial charge is 0.481 e. The molecule has 4 rings (SSSR count). The van der Waals surface area contributed by atoms with Gasteiger partial charge in [-0.1, -0.05) is 48.5 Å². The number of alkyl halides is 6. The summed E-state index contributed by atoms with van der Waals surface area (Å²) >= 11 is 11.5. The fourth-order valence-electron chi connectivity index (χ4n) is 6.84. The second kappa shape index (κ2) is 26.5. The molecule has 0 radical (unpaired) electrons. The molecule has 2 unspecified atom stereocenters. The molecule has 4 aromatic rings. The van der Waals surface area contributed by atoms with Crippen LogP contribution in [0, 0.1) is 20.2 Å². The van der Waals surface area contributed by atoms with Crippen LogP contribution in [0.5, 0.6) is 0 Å². The maximum absolute atomic E-state index is 16.3. The maximum Gasteiger partial charge on any atom is 0.433 e. The van der Waals surface area contributed by atoms with Gasteiger partial charge in [0.2, 0.25) is 17.7 Å². The molecule has 4 atom stereocenters. The number of hydrogen-bond donors (Lipinski definition) is 4. The zero-order valence-corrected chi connectivity index (χ0v) is 42.3. The van der Waals surface area contributed by atoms with E-state index in [1.165, 1.54) is 0 Å². The summed E-state index contributed by atoms with van der Waals surface area (Å²) in [6, 6.07) is 7.41. The first-order chi connectivity index (χ1) is 34.3. The Morgan fingerprint density at radius 3 is 1.71 bits per heavy atom. The van der Waals surface area contributed by atoms with Crippen LogP contribution in [0.15, 0.2) is 81.8 Å². The predicted octanol–water partition coefficient (Wildman–Crippen LogP) is 8.22. The number of nitro groups is 2. The van der Waals surface area contributed by atoms with Crippen molar-refractivity contribution >= 4 is 73.5 Å². The standard InChI is InChI=1S/C43H51Cl2F4N7O15P2/c1-53(19-5-3-17-44)72(66,69-26-33-15-16-38(71-33)56(64)65)42(46,47)30-11-7-28(8-12-30)21-35(40(50)60)52-41(61)36(24-39(58)59)51-37(57)22-29-9-13-31(14-10-29)43(48,49)73(67,54(2)20-6-4-18-45)70-27-34-23-32(25-68-34)55(62)63/h7-16,23,25,35-36H,3-6,17-22,24,26-27H2,1-2H3,(H2,50,60)(H,51,57)(H,52,61)(H,58,59)/t35-,36-,72?,73?/m0/s1. The van der Waals surface area contributed by atoms with Crippen molar-refractivity contribution in [3.63, 3.8) is 0 Å². The topological polar surface area (TPSA) is 310 Å². The molecule has 2 aromatic carbocycles. The number of unbranched alkanes of at least 4 members (excludes halogenated alkanes) is 2. The van der Waals surface area contributed by atoms with Crippen molar-refractivity contribution in [2.24, 2.45) is 5.73 Å². The zero-order valence-electron chi connectivity index (χ0n) is 39.0. The second-order valence-electron chi connectivity index (χ2n) is 16.2. The fraction of sp³-hybridized carbons (Fsp3) is 0.442. The number of carbonyl (C=O) groups is 4. The third kappa shape index (κ3) is 15.7. The van der Waals surface area contributed by atoms with Gasteiger partial charge in [-0.2, -0.15) is 17.6 Å². The Balaban J connectivity index is 1.47. The molecule has 73 heavy (non-hydrogen) atoms. The number of carboxylic acids is 1. The number of amides is 3. The number of aliphatic carboxylic acids is 1. The van der Waals surface area contributed by atoms with E-state index in [0.29, 0.717) is 12.8 Å². The van der Waals surface area contributed by atoms with E-state index in [1.807, 2.05) is 0 Å². The molecule has 0 saturated heterocycles. The summed E-state index contributed by atoms with van der Waals surface area (Å²) in [6.45, 7) is -1.97. The minimum absolute atomic E-state index is 0.0642. The molecule has 30 heteroatoms. The molecule has 400 valence electrons. The Morgan fingerprint density at radius 2 is 1.27 bits per heavy atom. The summed E-state index contributed by atoms with van der Waals surface area (Å²) in [5, 5.41) is 36.1. The zero-order chi connectivity index (χ0) is 54.3. The molecule has 5 N–H and O–H groups in total. The van der Waals surface area contributed by atoms with Crippen molar-refractivity contribution in [1.29, 1.82) is 0 Å². The van der Waals surface area contributed by atoms with E-state index < -0.39 is 127 Å². The van der Waals surface area contributed by atoms with Gasteiger partial charge < -0.3 is 39.4 Å². The van der Waals surface area contributed by atoms with Crippen LogP contribution in [0.4, 0.5) is 29.1 Å². The molecular weight excluding hydrogens is 1060 g/mol. The van der Waals surface area contributed by atoms with Gasteiger partial charge in [0, 0.05) is 42.4 Å². The number of primary amides is 1. The lowest BCUT2D eigenvalue weighted by atomic mass is 10.0. The first kappa shape index (κ1) is 59.8. The van der Waals surface area contributed by atoms with Gasteiger partial charge in [0.05, 0.1) is 29.9 Å². The molecule has 2 aromatic heterocycles. The molecule has 0 aliphatic carbocycles. The van der Waals surface area contributed by atoms with Crippen molar-refractivity contribution < 1.29 is 78.7 Å². The van der Waals surface area contributed by atoms with Gasteiger partial charge >= 0.3 is 43.9 Å². The normalized spacial score (nSPS) is 14.5. The highest BCUT2D eigenvalue weighted by atomic mass is 35.5. The van der Waals surface area contributed by atoms with Crippen molar-refractivity contribution in [1.82, 2.24) is 20.0 Å². The summed E-state index contributed by atoms with van der Waals surface area (Å²) in [5.41, 5.74) is -4.82. The van der Waals surface area contributed by atoms with Gasteiger partial charge in [-0.25, -0.2) is 9.34 Å². The predicted molar refractivity (Wildman–Crippen MR) is 254 cm³/mol. The molecule has 0 fully saturated rings. The molecule has 0 bridgehead atoms. The highest BCUT2D eigenvalue weighted by Crippen LogP contribution is 2.69. The summed E-state index contributed by atoms with van der Waals surface area (Å²) in [7, 11) is -8.07. The number of nitrogens with zero attached hydrogens (tertiary/aromatic N) is 4. The van der Waals surface area contributed by atoms with Crippen molar-refractivity contribution in [2.45, 2.75) is 81.6 Å². The Kier molecular flexibility index (Phi) is 21.7. The van der Waals surface area contributed by atoms with Crippen LogP contribution in [0.2, 0.25) is 0 Å². The average Bonchev–Trinajstić information content (AvgIpc) is 4.03. The highest BCUT2D eigenvalue weighted by Gasteiger charge is 2.57. The molecule has 22 nitrogen and oxygen atoms in total. The van der Waals surface area contributed by atoms with Crippen LogP contribution in [-0.4, -0.2) is 99.0 Å². The van der Waals surface area contributed by atoms with Crippen LogP contribution in [0.3, 0.4) is 0 Å². The number of nitrogens with two attached hydrogens (primary N) is 1. The van der Waals surface area contributed by atoms with Gasteiger partial charge in [-0.05, 0) is 57.0 Å². The van der Waals surface area contributed by atoms with Gasteiger partial charge in [0.15, 0.2) is 6.26 Å². The fourth-order valence-corrected chi connectivity index (χ4v) is 11.2. The molecule has 0 spiro atoms. The Hall–Kier alpha value is -5.72. The maximum atomic E-state index is 16.3. The lowest BCUT2D eigenvalue weighted by Gasteiger charge is -2.33.